The average Bonchev–Trinajstić information content (AvgIpc) is 3.04. The van der Waals surface area contributed by atoms with Gasteiger partial charge in [0.2, 0.25) is 5.91 Å². The summed E-state index contributed by atoms with van der Waals surface area (Å²) in [5, 5.41) is 7.05. The SMILES string of the molecule is Cc1ccc(CC(=O)Nc2cccnc2-n2cccn2)cc1. The summed E-state index contributed by atoms with van der Waals surface area (Å²) in [4.78, 5) is 16.5. The largest absolute Gasteiger partial charge is 0.323 e. The molecular weight excluding hydrogens is 276 g/mol. The molecule has 3 rings (SSSR count). The number of hydrogen-bond acceptors (Lipinski definition) is 3. The van der Waals surface area contributed by atoms with Crippen LogP contribution in [0.5, 0.6) is 0 Å². The van der Waals surface area contributed by atoms with Crippen LogP contribution in [0.15, 0.2) is 61.1 Å². The van der Waals surface area contributed by atoms with Crippen LogP contribution in [-0.2, 0) is 11.2 Å². The van der Waals surface area contributed by atoms with Crippen LogP contribution in [0.2, 0.25) is 0 Å². The minimum atomic E-state index is -0.0785. The summed E-state index contributed by atoms with van der Waals surface area (Å²) in [7, 11) is 0. The molecule has 1 N–H and O–H groups in total. The number of anilines is 1. The fraction of sp³-hybridized carbons (Fsp3) is 0.118. The van der Waals surface area contributed by atoms with Crippen LogP contribution in [0.25, 0.3) is 5.82 Å². The molecule has 1 amide bonds. The van der Waals surface area contributed by atoms with Gasteiger partial charge in [-0.2, -0.15) is 5.10 Å². The molecule has 0 bridgehead atoms. The highest BCUT2D eigenvalue weighted by molar-refractivity contribution is 5.93. The molecule has 0 radical (unpaired) electrons. The maximum Gasteiger partial charge on any atom is 0.228 e. The second-order valence-corrected chi connectivity index (χ2v) is 5.04. The normalized spacial score (nSPS) is 10.4. The van der Waals surface area contributed by atoms with E-state index < -0.39 is 0 Å². The van der Waals surface area contributed by atoms with E-state index in [0.717, 1.165) is 5.56 Å². The quantitative estimate of drug-likeness (QED) is 0.804. The number of nitrogens with one attached hydrogen (secondary N) is 1. The van der Waals surface area contributed by atoms with E-state index in [2.05, 4.69) is 15.4 Å². The highest BCUT2D eigenvalue weighted by Gasteiger charge is 2.10. The Morgan fingerprint density at radius 2 is 1.95 bits per heavy atom. The molecule has 0 aliphatic rings. The number of pyridine rings is 1. The number of rotatable bonds is 4. The van der Waals surface area contributed by atoms with Crippen molar-refractivity contribution in [3.05, 3.63) is 72.2 Å². The van der Waals surface area contributed by atoms with E-state index in [1.807, 2.05) is 43.3 Å². The van der Waals surface area contributed by atoms with E-state index in [1.165, 1.54) is 5.56 Å². The molecule has 0 unspecified atom stereocenters. The third kappa shape index (κ3) is 3.20. The molecular formula is C17H16N4O. The predicted octanol–water partition coefficient (Wildman–Crippen LogP) is 2.76. The molecule has 110 valence electrons. The van der Waals surface area contributed by atoms with Gasteiger partial charge in [-0.15, -0.1) is 0 Å². The van der Waals surface area contributed by atoms with Gasteiger partial charge in [-0.3, -0.25) is 4.79 Å². The van der Waals surface area contributed by atoms with E-state index in [-0.39, 0.29) is 5.91 Å². The zero-order chi connectivity index (χ0) is 15.4. The van der Waals surface area contributed by atoms with E-state index >= 15 is 0 Å². The summed E-state index contributed by atoms with van der Waals surface area (Å²) < 4.78 is 1.63. The highest BCUT2D eigenvalue weighted by atomic mass is 16.1. The lowest BCUT2D eigenvalue weighted by atomic mass is 10.1. The Hall–Kier alpha value is -2.95. The molecule has 0 aliphatic heterocycles. The first-order valence-corrected chi connectivity index (χ1v) is 7.03. The fourth-order valence-corrected chi connectivity index (χ4v) is 2.16. The van der Waals surface area contributed by atoms with Gasteiger partial charge in [0.1, 0.15) is 0 Å². The molecule has 0 aliphatic carbocycles. The smallest absolute Gasteiger partial charge is 0.228 e. The summed E-state index contributed by atoms with van der Waals surface area (Å²) in [6, 6.07) is 13.3. The lowest BCUT2D eigenvalue weighted by Gasteiger charge is -2.10. The molecule has 3 aromatic rings. The minimum absolute atomic E-state index is 0.0785. The molecule has 0 saturated carbocycles. The second-order valence-electron chi connectivity index (χ2n) is 5.04. The summed E-state index contributed by atoms with van der Waals surface area (Å²) in [6.07, 6.45) is 5.46. The number of nitrogens with zero attached hydrogens (tertiary/aromatic N) is 3. The maximum atomic E-state index is 12.2. The first kappa shape index (κ1) is 14.0. The molecule has 5 heteroatoms. The van der Waals surface area contributed by atoms with Gasteiger partial charge in [0.15, 0.2) is 5.82 Å². The third-order valence-corrected chi connectivity index (χ3v) is 3.27. The average molecular weight is 292 g/mol. The Bertz CT molecular complexity index is 764. The molecule has 22 heavy (non-hydrogen) atoms. The number of amides is 1. The zero-order valence-electron chi connectivity index (χ0n) is 12.2. The van der Waals surface area contributed by atoms with Crippen molar-refractivity contribution in [2.24, 2.45) is 0 Å². The monoisotopic (exact) mass is 292 g/mol. The zero-order valence-corrected chi connectivity index (χ0v) is 12.2. The van der Waals surface area contributed by atoms with Crippen molar-refractivity contribution in [2.45, 2.75) is 13.3 Å². The minimum Gasteiger partial charge on any atom is -0.323 e. The number of carbonyl (C=O) groups excluding carboxylic acids is 1. The standard InChI is InChI=1S/C17H16N4O/c1-13-5-7-14(8-6-13)12-16(22)20-15-4-2-9-18-17(15)21-11-3-10-19-21/h2-11H,12H2,1H3,(H,20,22). The number of aryl methyl sites for hydroxylation is 1. The summed E-state index contributed by atoms with van der Waals surface area (Å²) in [5.74, 6) is 0.523. The molecule has 0 atom stereocenters. The molecule has 2 heterocycles. The highest BCUT2D eigenvalue weighted by Crippen LogP contribution is 2.16. The van der Waals surface area contributed by atoms with Gasteiger partial charge >= 0.3 is 0 Å². The fourth-order valence-electron chi connectivity index (χ4n) is 2.16. The van der Waals surface area contributed by atoms with Crippen LogP contribution < -0.4 is 5.32 Å². The van der Waals surface area contributed by atoms with Crippen molar-refractivity contribution in [2.75, 3.05) is 5.32 Å². The molecule has 0 spiro atoms. The van der Waals surface area contributed by atoms with Crippen molar-refractivity contribution >= 4 is 11.6 Å². The lowest BCUT2D eigenvalue weighted by molar-refractivity contribution is -0.115. The van der Waals surface area contributed by atoms with Gasteiger partial charge in [0.25, 0.3) is 0 Å². The van der Waals surface area contributed by atoms with Crippen molar-refractivity contribution < 1.29 is 4.79 Å². The van der Waals surface area contributed by atoms with E-state index in [0.29, 0.717) is 17.9 Å². The van der Waals surface area contributed by atoms with Crippen LogP contribution in [0.4, 0.5) is 5.69 Å². The molecule has 2 aromatic heterocycles. The van der Waals surface area contributed by atoms with Crippen LogP contribution in [0, 0.1) is 6.92 Å². The Balaban J connectivity index is 1.76. The molecule has 0 fully saturated rings. The van der Waals surface area contributed by atoms with Gasteiger partial charge in [-0.25, -0.2) is 9.67 Å². The van der Waals surface area contributed by atoms with E-state index in [4.69, 9.17) is 0 Å². The molecule has 1 aromatic carbocycles. The maximum absolute atomic E-state index is 12.2. The third-order valence-electron chi connectivity index (χ3n) is 3.27. The lowest BCUT2D eigenvalue weighted by Crippen LogP contribution is -2.16. The predicted molar refractivity (Wildman–Crippen MR) is 84.9 cm³/mol. The summed E-state index contributed by atoms with van der Waals surface area (Å²) >= 11 is 0. The van der Waals surface area contributed by atoms with Crippen LogP contribution >= 0.6 is 0 Å². The Morgan fingerprint density at radius 1 is 1.14 bits per heavy atom. The van der Waals surface area contributed by atoms with Gasteiger partial charge in [0.05, 0.1) is 12.1 Å². The van der Waals surface area contributed by atoms with Crippen molar-refractivity contribution in [3.63, 3.8) is 0 Å². The van der Waals surface area contributed by atoms with Gasteiger partial charge in [0, 0.05) is 18.6 Å². The Labute approximate surface area is 128 Å². The van der Waals surface area contributed by atoms with Gasteiger partial charge < -0.3 is 5.32 Å². The summed E-state index contributed by atoms with van der Waals surface area (Å²) in [6.45, 7) is 2.02. The molecule has 5 nitrogen and oxygen atoms in total. The van der Waals surface area contributed by atoms with Crippen molar-refractivity contribution in [3.8, 4) is 5.82 Å². The van der Waals surface area contributed by atoms with Gasteiger partial charge in [-0.1, -0.05) is 29.8 Å². The van der Waals surface area contributed by atoms with Crippen molar-refractivity contribution in [1.29, 1.82) is 0 Å². The second kappa shape index (κ2) is 6.22. The van der Waals surface area contributed by atoms with E-state index in [9.17, 15) is 4.79 Å². The van der Waals surface area contributed by atoms with Crippen LogP contribution in [-0.4, -0.2) is 20.7 Å². The van der Waals surface area contributed by atoms with E-state index in [1.54, 1.807) is 29.3 Å². The molecule has 0 saturated heterocycles. The number of carbonyl (C=O) groups is 1. The summed E-state index contributed by atoms with van der Waals surface area (Å²) in [5.41, 5.74) is 2.80. The van der Waals surface area contributed by atoms with Crippen molar-refractivity contribution in [1.82, 2.24) is 14.8 Å². The Kier molecular flexibility index (Phi) is 3.96. The number of hydrogen-bond donors (Lipinski definition) is 1. The first-order chi connectivity index (χ1) is 10.7. The van der Waals surface area contributed by atoms with Crippen LogP contribution in [0.3, 0.4) is 0 Å². The first-order valence-electron chi connectivity index (χ1n) is 7.03. The van der Waals surface area contributed by atoms with Gasteiger partial charge in [-0.05, 0) is 30.7 Å². The topological polar surface area (TPSA) is 59.8 Å². The number of aromatic nitrogens is 3. The number of benzene rings is 1. The van der Waals surface area contributed by atoms with Crippen LogP contribution in [0.1, 0.15) is 11.1 Å². The Morgan fingerprint density at radius 3 is 2.68 bits per heavy atom.